The molecule has 0 N–H and O–H groups in total. The van der Waals surface area contributed by atoms with Gasteiger partial charge in [-0.3, -0.25) is 0 Å². The van der Waals surface area contributed by atoms with Gasteiger partial charge in [-0.2, -0.15) is 0 Å². The first-order valence-corrected chi connectivity index (χ1v) is 13.6. The molecule has 2 radical (unpaired) electrons. The Morgan fingerprint density at radius 2 is 1.53 bits per heavy atom. The molecule has 0 aromatic carbocycles. The summed E-state index contributed by atoms with van der Waals surface area (Å²) in [7, 11) is 0. The van der Waals surface area contributed by atoms with E-state index in [0.29, 0.717) is 21.7 Å². The molecule has 4 aliphatic carbocycles. The SMILES string of the molecule is [CH2][C](CCCC(C)C)[C@H]1CC[C@@]2(C)[C@@H]3CC[C@H]4C(C)(C)CCC[C@]4(C)[C@H]3CC[C@]12C. The fraction of sp³-hybridized carbons (Fsp3) is 0.933. The lowest BCUT2D eigenvalue weighted by Crippen LogP contribution is -2.59. The van der Waals surface area contributed by atoms with Crippen LogP contribution in [0.15, 0.2) is 0 Å². The second-order valence-electron chi connectivity index (χ2n) is 14.1. The lowest BCUT2D eigenvalue weighted by Gasteiger charge is -2.67. The summed E-state index contributed by atoms with van der Waals surface area (Å²) in [6, 6.07) is 0. The van der Waals surface area contributed by atoms with Crippen LogP contribution in [0.25, 0.3) is 0 Å². The molecule has 172 valence electrons. The summed E-state index contributed by atoms with van der Waals surface area (Å²) in [5.41, 5.74) is 2.19. The van der Waals surface area contributed by atoms with Crippen molar-refractivity contribution in [2.45, 2.75) is 126 Å². The van der Waals surface area contributed by atoms with Gasteiger partial charge >= 0.3 is 0 Å². The molecule has 0 nitrogen and oxygen atoms in total. The van der Waals surface area contributed by atoms with Crippen LogP contribution in [0.2, 0.25) is 0 Å². The molecular weight excluding hydrogens is 360 g/mol. The third kappa shape index (κ3) is 3.36. The monoisotopic (exact) mass is 412 g/mol. The molecule has 0 spiro atoms. The van der Waals surface area contributed by atoms with Crippen LogP contribution in [0.1, 0.15) is 126 Å². The molecular formula is C30H52. The zero-order chi connectivity index (χ0) is 21.9. The molecule has 0 aliphatic heterocycles. The van der Waals surface area contributed by atoms with Gasteiger partial charge in [0.25, 0.3) is 0 Å². The molecule has 4 rings (SSSR count). The normalized spacial score (nSPS) is 47.8. The highest BCUT2D eigenvalue weighted by Crippen LogP contribution is 2.74. The van der Waals surface area contributed by atoms with Crippen LogP contribution in [0.5, 0.6) is 0 Å². The molecule has 0 unspecified atom stereocenters. The van der Waals surface area contributed by atoms with Crippen molar-refractivity contribution in [3.63, 3.8) is 0 Å². The van der Waals surface area contributed by atoms with Gasteiger partial charge in [0.05, 0.1) is 0 Å². The number of fused-ring (bicyclic) bond motifs is 5. The van der Waals surface area contributed by atoms with Gasteiger partial charge in [-0.05, 0) is 122 Å². The van der Waals surface area contributed by atoms with Crippen LogP contribution >= 0.6 is 0 Å². The Bertz CT molecular complexity index is 616. The molecule has 4 aliphatic rings. The van der Waals surface area contributed by atoms with E-state index in [-0.39, 0.29) is 0 Å². The van der Waals surface area contributed by atoms with E-state index in [2.05, 4.69) is 48.5 Å². The zero-order valence-electron chi connectivity index (χ0n) is 21.6. The van der Waals surface area contributed by atoms with E-state index < -0.39 is 0 Å². The van der Waals surface area contributed by atoms with Crippen LogP contribution < -0.4 is 0 Å². The summed E-state index contributed by atoms with van der Waals surface area (Å²) in [6.07, 6.45) is 17.2. The van der Waals surface area contributed by atoms with E-state index in [1.165, 1.54) is 77.0 Å². The Kier molecular flexibility index (Phi) is 6.02. The molecule has 0 saturated heterocycles. The van der Waals surface area contributed by atoms with Crippen molar-refractivity contribution >= 4 is 0 Å². The van der Waals surface area contributed by atoms with E-state index >= 15 is 0 Å². The predicted molar refractivity (Wildman–Crippen MR) is 131 cm³/mol. The average molecular weight is 413 g/mol. The quantitative estimate of drug-likeness (QED) is 0.422. The third-order valence-corrected chi connectivity index (χ3v) is 12.0. The summed E-state index contributed by atoms with van der Waals surface area (Å²) >= 11 is 0. The summed E-state index contributed by atoms with van der Waals surface area (Å²) in [6.45, 7) is 22.8. The Morgan fingerprint density at radius 1 is 0.833 bits per heavy atom. The van der Waals surface area contributed by atoms with E-state index in [0.717, 1.165) is 29.6 Å². The Labute approximate surface area is 189 Å². The second-order valence-corrected chi connectivity index (χ2v) is 14.1. The lowest BCUT2D eigenvalue weighted by atomic mass is 9.38. The highest BCUT2D eigenvalue weighted by Gasteiger charge is 2.66. The smallest absolute Gasteiger partial charge is 0.0204 e. The molecule has 0 aromatic heterocycles. The fourth-order valence-corrected chi connectivity index (χ4v) is 10.2. The molecule has 4 fully saturated rings. The summed E-state index contributed by atoms with van der Waals surface area (Å²) in [4.78, 5) is 0. The van der Waals surface area contributed by atoms with Crippen molar-refractivity contribution in [3.05, 3.63) is 12.8 Å². The fourth-order valence-electron chi connectivity index (χ4n) is 10.2. The van der Waals surface area contributed by atoms with Gasteiger partial charge in [0.1, 0.15) is 0 Å². The molecule has 0 aromatic rings. The molecule has 30 heavy (non-hydrogen) atoms. The largest absolute Gasteiger partial charge is 0.0628 e. The maximum atomic E-state index is 4.70. The summed E-state index contributed by atoms with van der Waals surface area (Å²) in [5.74, 6) is 6.11. The van der Waals surface area contributed by atoms with E-state index in [1.54, 1.807) is 5.92 Å². The van der Waals surface area contributed by atoms with E-state index in [4.69, 9.17) is 6.92 Å². The van der Waals surface area contributed by atoms with Gasteiger partial charge in [0, 0.05) is 0 Å². The molecule has 7 atom stereocenters. The third-order valence-electron chi connectivity index (χ3n) is 12.0. The molecule has 0 amide bonds. The predicted octanol–water partition coefficient (Wildman–Crippen LogP) is 9.30. The van der Waals surface area contributed by atoms with Crippen molar-refractivity contribution in [2.75, 3.05) is 0 Å². The minimum Gasteiger partial charge on any atom is -0.0628 e. The first-order chi connectivity index (χ1) is 14.0. The first kappa shape index (κ1) is 23.2. The average Bonchev–Trinajstić information content (AvgIpc) is 2.92. The van der Waals surface area contributed by atoms with Crippen molar-refractivity contribution in [2.24, 2.45) is 51.2 Å². The van der Waals surface area contributed by atoms with Gasteiger partial charge in [-0.25, -0.2) is 0 Å². The van der Waals surface area contributed by atoms with E-state index in [9.17, 15) is 0 Å². The van der Waals surface area contributed by atoms with Gasteiger partial charge in [0.2, 0.25) is 0 Å². The van der Waals surface area contributed by atoms with Crippen molar-refractivity contribution < 1.29 is 0 Å². The topological polar surface area (TPSA) is 0 Å². The highest BCUT2D eigenvalue weighted by atomic mass is 14.7. The minimum atomic E-state index is 0.496. The van der Waals surface area contributed by atoms with Crippen LogP contribution in [-0.2, 0) is 0 Å². The van der Waals surface area contributed by atoms with Crippen molar-refractivity contribution in [1.82, 2.24) is 0 Å². The molecule has 0 bridgehead atoms. The first-order valence-electron chi connectivity index (χ1n) is 13.6. The molecule has 4 saturated carbocycles. The van der Waals surface area contributed by atoms with Crippen LogP contribution in [0.4, 0.5) is 0 Å². The Balaban J connectivity index is 1.55. The second kappa shape index (κ2) is 7.80. The number of hydrogen-bond acceptors (Lipinski definition) is 0. The highest BCUT2D eigenvalue weighted by molar-refractivity contribution is 5.20. The van der Waals surface area contributed by atoms with Gasteiger partial charge in [-0.15, -0.1) is 0 Å². The zero-order valence-corrected chi connectivity index (χ0v) is 21.6. The molecule has 0 heterocycles. The van der Waals surface area contributed by atoms with Gasteiger partial charge in [-0.1, -0.05) is 67.7 Å². The van der Waals surface area contributed by atoms with Crippen molar-refractivity contribution in [1.29, 1.82) is 0 Å². The lowest BCUT2D eigenvalue weighted by molar-refractivity contribution is -0.175. The van der Waals surface area contributed by atoms with E-state index in [1.807, 2.05) is 0 Å². The number of rotatable bonds is 5. The maximum Gasteiger partial charge on any atom is -0.0204 e. The summed E-state index contributed by atoms with van der Waals surface area (Å²) in [5, 5.41) is 0. The Morgan fingerprint density at radius 3 is 2.23 bits per heavy atom. The van der Waals surface area contributed by atoms with Gasteiger partial charge in [0.15, 0.2) is 0 Å². The maximum absolute atomic E-state index is 4.70. The Hall–Kier alpha value is 0. The van der Waals surface area contributed by atoms with Crippen LogP contribution in [0.3, 0.4) is 0 Å². The summed E-state index contributed by atoms with van der Waals surface area (Å²) < 4.78 is 0. The van der Waals surface area contributed by atoms with Crippen molar-refractivity contribution in [3.8, 4) is 0 Å². The van der Waals surface area contributed by atoms with Gasteiger partial charge < -0.3 is 0 Å². The van der Waals surface area contributed by atoms with Crippen LogP contribution in [0, 0.1) is 64.1 Å². The van der Waals surface area contributed by atoms with Crippen LogP contribution in [-0.4, -0.2) is 0 Å². The number of hydrogen-bond donors (Lipinski definition) is 0. The minimum absolute atomic E-state index is 0.496. The standard InChI is InChI=1S/C30H52/c1-21(2)11-9-12-22(3)23-15-19-30(8)25-13-14-26-27(4,5)17-10-18-28(26,6)24(25)16-20-29(23,30)7/h21,23-26H,3,9-20H2,1-2,4-8H3/t23-,24+,25-,26+,28-,29-,30+/m1/s1. The molecule has 0 heteroatoms.